The Bertz CT molecular complexity index is 2440. The van der Waals surface area contributed by atoms with Crippen LogP contribution in [0, 0.1) is 0 Å². The monoisotopic (exact) mass is 858 g/mol. The van der Waals surface area contributed by atoms with Crippen LogP contribution in [0.4, 0.5) is 57.1 Å². The molecule has 2 N–H and O–H groups in total. The Hall–Kier alpha value is -5.39. The van der Waals surface area contributed by atoms with Gasteiger partial charge in [0.15, 0.2) is 0 Å². The molecule has 3 aromatic heterocycles. The third kappa shape index (κ3) is 5.82. The highest BCUT2D eigenvalue weighted by Gasteiger charge is 2.91. The summed E-state index contributed by atoms with van der Waals surface area (Å²) < 4.78 is 190. The van der Waals surface area contributed by atoms with E-state index in [2.05, 4.69) is 35.9 Å². The Morgan fingerprint density at radius 1 is 0.411 bits per heavy atom. The van der Waals surface area contributed by atoms with E-state index >= 15 is 26.3 Å². The lowest BCUT2D eigenvalue weighted by atomic mass is 9.89. The van der Waals surface area contributed by atoms with E-state index in [1.807, 2.05) is 0 Å². The van der Waals surface area contributed by atoms with Crippen molar-refractivity contribution in [1.82, 2.24) is 19.9 Å². The predicted molar refractivity (Wildman–Crippen MR) is 187 cm³/mol. The molecular formula is C38H20BrF13N4. The maximum absolute atomic E-state index is 16.4. The second kappa shape index (κ2) is 13.1. The minimum absolute atomic E-state index is 0.134. The highest BCUT2D eigenvalue weighted by atomic mass is 79.9. The zero-order valence-corrected chi connectivity index (χ0v) is 29.2. The van der Waals surface area contributed by atoms with Crippen molar-refractivity contribution in [3.05, 3.63) is 118 Å². The summed E-state index contributed by atoms with van der Waals surface area (Å²) in [7, 11) is 0. The average molecular weight is 859 g/mol. The Morgan fingerprint density at radius 3 is 1.16 bits per heavy atom. The fourth-order valence-electron chi connectivity index (χ4n) is 6.24. The smallest absolute Gasteiger partial charge is 0.354 e. The largest absolute Gasteiger partial charge is 0.460 e. The highest BCUT2D eigenvalue weighted by molar-refractivity contribution is 9.10. The zero-order valence-electron chi connectivity index (χ0n) is 27.6. The van der Waals surface area contributed by atoms with Gasteiger partial charge < -0.3 is 9.97 Å². The van der Waals surface area contributed by atoms with Crippen molar-refractivity contribution in [2.45, 2.75) is 35.8 Å². The van der Waals surface area contributed by atoms with Gasteiger partial charge in [-0.25, -0.2) is 9.97 Å². The molecule has 0 saturated heterocycles. The van der Waals surface area contributed by atoms with E-state index in [1.165, 1.54) is 0 Å². The van der Waals surface area contributed by atoms with Gasteiger partial charge >= 0.3 is 35.8 Å². The van der Waals surface area contributed by atoms with E-state index in [0.29, 0.717) is 38.8 Å². The number of H-pyrrole nitrogens is 2. The van der Waals surface area contributed by atoms with E-state index < -0.39 is 52.7 Å². The number of hydrogen-bond acceptors (Lipinski definition) is 2. The molecule has 0 saturated carbocycles. The van der Waals surface area contributed by atoms with Crippen LogP contribution in [0.15, 0.2) is 89.4 Å². The van der Waals surface area contributed by atoms with Gasteiger partial charge in [0.1, 0.15) is 0 Å². The number of alkyl halides is 13. The Labute approximate surface area is 314 Å². The van der Waals surface area contributed by atoms with Gasteiger partial charge in [-0.3, -0.25) is 0 Å². The zero-order chi connectivity index (χ0) is 40.6. The van der Waals surface area contributed by atoms with Crippen LogP contribution < -0.4 is 0 Å². The number of fused-ring (bicyclic) bond motifs is 8. The lowest BCUT2D eigenvalue weighted by Gasteiger charge is -2.40. The van der Waals surface area contributed by atoms with E-state index in [4.69, 9.17) is 0 Å². The number of hydrogen-bond donors (Lipinski definition) is 2. The van der Waals surface area contributed by atoms with Crippen molar-refractivity contribution in [1.29, 1.82) is 0 Å². The van der Waals surface area contributed by atoms with E-state index in [-0.39, 0.29) is 33.5 Å². The molecule has 2 aliphatic heterocycles. The minimum atomic E-state index is -8.09. The van der Waals surface area contributed by atoms with E-state index in [9.17, 15) is 30.7 Å². The second-order valence-corrected chi connectivity index (χ2v) is 13.3. The first-order valence-electron chi connectivity index (χ1n) is 16.0. The summed E-state index contributed by atoms with van der Waals surface area (Å²) in [5, 5.41) is 0. The van der Waals surface area contributed by atoms with Crippen molar-refractivity contribution in [3.8, 4) is 22.3 Å². The molecule has 0 aliphatic carbocycles. The third-order valence-corrected chi connectivity index (χ3v) is 9.91. The molecule has 4 nitrogen and oxygen atoms in total. The first kappa shape index (κ1) is 38.9. The maximum atomic E-state index is 16.4. The van der Waals surface area contributed by atoms with Gasteiger partial charge in [-0.15, -0.1) is 0 Å². The number of benzene rings is 2. The predicted octanol–water partition coefficient (Wildman–Crippen LogP) is 12.9. The summed E-state index contributed by atoms with van der Waals surface area (Å²) in [6.45, 7) is 0. The van der Waals surface area contributed by atoms with Crippen LogP contribution in [0.25, 0.3) is 68.6 Å². The van der Waals surface area contributed by atoms with E-state index in [0.717, 1.165) is 12.2 Å². The lowest BCUT2D eigenvalue weighted by molar-refractivity contribution is -0.441. The summed E-state index contributed by atoms with van der Waals surface area (Å²) in [6, 6.07) is 22.2. The second-order valence-electron chi connectivity index (χ2n) is 12.5. The fraction of sp³-hybridized carbons (Fsp3) is 0.158. The first-order valence-corrected chi connectivity index (χ1v) is 16.8. The fourth-order valence-corrected chi connectivity index (χ4v) is 6.70. The van der Waals surface area contributed by atoms with Gasteiger partial charge in [0, 0.05) is 22.2 Å². The number of rotatable bonds is 7. The third-order valence-electron chi connectivity index (χ3n) is 9.06. The molecule has 0 amide bonds. The van der Waals surface area contributed by atoms with E-state index in [1.54, 1.807) is 84.9 Å². The molecule has 2 aromatic carbocycles. The number of aromatic amines is 2. The first-order chi connectivity index (χ1) is 26.1. The highest BCUT2D eigenvalue weighted by Crippen LogP contribution is 2.62. The molecule has 7 rings (SSSR count). The molecule has 0 spiro atoms. The molecule has 8 bridgehead atoms. The van der Waals surface area contributed by atoms with Gasteiger partial charge in [0.25, 0.3) is 0 Å². The van der Waals surface area contributed by atoms with Crippen LogP contribution in [0.2, 0.25) is 0 Å². The lowest BCUT2D eigenvalue weighted by Crippen LogP contribution is -2.69. The maximum Gasteiger partial charge on any atom is 0.460 e. The number of nitrogens with zero attached hydrogens (tertiary/aromatic N) is 2. The topological polar surface area (TPSA) is 57.4 Å². The van der Waals surface area contributed by atoms with Crippen molar-refractivity contribution < 1.29 is 57.1 Å². The van der Waals surface area contributed by atoms with Crippen molar-refractivity contribution in [2.24, 2.45) is 0 Å². The molecule has 0 atom stereocenters. The molecule has 5 aromatic rings. The van der Waals surface area contributed by atoms with Crippen molar-refractivity contribution >= 4 is 62.3 Å². The SMILES string of the molecule is FC(F)(F)C(F)(F)C(F)(F)C(F)(F)C(F)(F)C(F)(F)c1c2nc(c(-c3ccccc3)c3ccc([nH]3)c(Br)c3ccc([nH]3)c(-c3ccccc3)c3nc1C=C3)C=C2. The summed E-state index contributed by atoms with van der Waals surface area (Å²) in [6.07, 6.45) is -4.24. The molecule has 18 heteroatoms. The van der Waals surface area contributed by atoms with Crippen LogP contribution in [0.3, 0.4) is 0 Å². The van der Waals surface area contributed by atoms with Crippen LogP contribution >= 0.6 is 15.9 Å². The van der Waals surface area contributed by atoms with Crippen LogP contribution in [-0.2, 0) is 5.92 Å². The van der Waals surface area contributed by atoms with Crippen LogP contribution in [-0.4, -0.2) is 49.8 Å². The Morgan fingerprint density at radius 2 is 0.768 bits per heavy atom. The van der Waals surface area contributed by atoms with Gasteiger partial charge in [-0.1, -0.05) is 60.7 Å². The summed E-state index contributed by atoms with van der Waals surface area (Å²) in [5.41, 5.74) is -2.87. The molecular weight excluding hydrogens is 839 g/mol. The standard InChI is InChI=1S/C38H20BrF13N4/c39-32-27-17-13-23(55-27)29(19-7-3-1-4-8-19)21-11-15-25(53-21)31(33(40,41)34(42,43)35(44,45)36(46,47)37(48,49)38(50,51)52)26-16-12-22(54-26)30(20-9-5-2-6-10-20)24-14-18-28(32)56-24/h1-18,55-56H. The average Bonchev–Trinajstić information content (AvgIpc) is 3.98. The molecule has 0 radical (unpaired) electrons. The molecule has 0 unspecified atom stereocenters. The van der Waals surface area contributed by atoms with Gasteiger partial charge in [0.05, 0.1) is 43.8 Å². The minimum Gasteiger partial charge on any atom is -0.354 e. The summed E-state index contributed by atoms with van der Waals surface area (Å²) in [5.74, 6) is -38.3. The molecule has 56 heavy (non-hydrogen) atoms. The summed E-state index contributed by atoms with van der Waals surface area (Å²) >= 11 is 3.57. The molecule has 0 fully saturated rings. The van der Waals surface area contributed by atoms with Crippen LogP contribution in [0.1, 0.15) is 28.3 Å². The van der Waals surface area contributed by atoms with Gasteiger partial charge in [-0.05, 0) is 75.6 Å². The molecule has 5 heterocycles. The van der Waals surface area contributed by atoms with Crippen LogP contribution in [0.5, 0.6) is 0 Å². The van der Waals surface area contributed by atoms with Crippen molar-refractivity contribution in [3.63, 3.8) is 0 Å². The Kier molecular flexibility index (Phi) is 9.09. The van der Waals surface area contributed by atoms with Gasteiger partial charge in [-0.2, -0.15) is 57.1 Å². The Balaban J connectivity index is 1.63. The summed E-state index contributed by atoms with van der Waals surface area (Å²) in [4.78, 5) is 14.3. The van der Waals surface area contributed by atoms with Crippen molar-refractivity contribution in [2.75, 3.05) is 0 Å². The normalized spacial score (nSPS) is 14.1. The quantitative estimate of drug-likeness (QED) is 0.157. The molecule has 2 aliphatic rings. The number of nitrogens with one attached hydrogen (secondary N) is 2. The number of aromatic nitrogens is 4. The number of halogens is 14. The van der Waals surface area contributed by atoms with Gasteiger partial charge in [0.2, 0.25) is 0 Å². The molecule has 290 valence electrons.